The average molecular weight is 325 g/mol. The Bertz CT molecular complexity index is 923. The number of hydrogen-bond acceptors (Lipinski definition) is 5. The minimum absolute atomic E-state index is 0.134. The van der Waals surface area contributed by atoms with E-state index in [0.29, 0.717) is 17.0 Å². The van der Waals surface area contributed by atoms with Crippen molar-refractivity contribution in [3.05, 3.63) is 53.5 Å². The molecule has 7 heteroatoms. The molecule has 2 aromatic heterocycles. The molecule has 6 nitrogen and oxygen atoms in total. The zero-order chi connectivity index (χ0) is 17.1. The molecule has 0 radical (unpaired) electrons. The van der Waals surface area contributed by atoms with Gasteiger partial charge in [0, 0.05) is 5.56 Å². The van der Waals surface area contributed by atoms with Crippen LogP contribution in [0, 0.1) is 17.1 Å². The van der Waals surface area contributed by atoms with Gasteiger partial charge in [0.2, 0.25) is 0 Å². The van der Waals surface area contributed by atoms with Crippen LogP contribution in [0.15, 0.2) is 41.0 Å². The Balaban J connectivity index is 2.18. The number of carbonyl (C=O) groups is 1. The van der Waals surface area contributed by atoms with Gasteiger partial charge >= 0.3 is 5.97 Å². The molecule has 0 aliphatic heterocycles. The second-order valence-electron chi connectivity index (χ2n) is 4.83. The van der Waals surface area contributed by atoms with E-state index in [0.717, 1.165) is 6.07 Å². The Kier molecular flexibility index (Phi) is 4.12. The lowest BCUT2D eigenvalue weighted by molar-refractivity contribution is 0.0528. The number of ether oxygens (including phenoxy) is 1. The topological polar surface area (TPSA) is 91.9 Å². The lowest BCUT2D eigenvalue weighted by Gasteiger charge is -2.05. The zero-order valence-electron chi connectivity index (χ0n) is 12.7. The molecular weight excluding hydrogens is 313 g/mol. The number of carbonyl (C=O) groups excluding carboxylic acids is 1. The van der Waals surface area contributed by atoms with Crippen LogP contribution in [0.5, 0.6) is 0 Å². The number of nitriles is 1. The van der Waals surface area contributed by atoms with E-state index < -0.39 is 11.8 Å². The van der Waals surface area contributed by atoms with Crippen LogP contribution in [0.4, 0.5) is 4.39 Å². The lowest BCUT2D eigenvalue weighted by atomic mass is 10.0. The normalized spacial score (nSPS) is 10.4. The molecule has 120 valence electrons. The van der Waals surface area contributed by atoms with Crippen LogP contribution in [-0.2, 0) is 4.74 Å². The third kappa shape index (κ3) is 2.65. The third-order valence-electron chi connectivity index (χ3n) is 3.37. The minimum Gasteiger partial charge on any atom is -0.463 e. The molecule has 2 heterocycles. The highest BCUT2D eigenvalue weighted by molar-refractivity contribution is 6.01. The molecule has 0 saturated heterocycles. The molecule has 1 N–H and O–H groups in total. The molecule has 0 unspecified atom stereocenters. The predicted octanol–water partition coefficient (Wildman–Crippen LogP) is 3.52. The molecule has 0 amide bonds. The highest BCUT2D eigenvalue weighted by Gasteiger charge is 2.25. The fraction of sp³-hybridized carbons (Fsp3) is 0.118. The van der Waals surface area contributed by atoms with Gasteiger partial charge in [0.05, 0.1) is 18.4 Å². The van der Waals surface area contributed by atoms with Gasteiger partial charge in [-0.05, 0) is 37.3 Å². The molecule has 0 aliphatic carbocycles. The first-order valence-corrected chi connectivity index (χ1v) is 7.15. The number of aromatic nitrogens is 2. The van der Waals surface area contributed by atoms with Crippen molar-refractivity contribution in [1.82, 2.24) is 10.2 Å². The fourth-order valence-electron chi connectivity index (χ4n) is 2.31. The van der Waals surface area contributed by atoms with Crippen LogP contribution >= 0.6 is 0 Å². The maximum Gasteiger partial charge on any atom is 0.342 e. The van der Waals surface area contributed by atoms with Gasteiger partial charge < -0.3 is 9.15 Å². The predicted molar refractivity (Wildman–Crippen MR) is 82.4 cm³/mol. The van der Waals surface area contributed by atoms with E-state index in [2.05, 4.69) is 10.2 Å². The van der Waals surface area contributed by atoms with Gasteiger partial charge in [0.15, 0.2) is 5.76 Å². The molecule has 0 aliphatic rings. The number of halogens is 1. The fourth-order valence-corrected chi connectivity index (χ4v) is 2.31. The quantitative estimate of drug-likeness (QED) is 0.741. The van der Waals surface area contributed by atoms with E-state index in [4.69, 9.17) is 14.4 Å². The summed E-state index contributed by atoms with van der Waals surface area (Å²) in [6, 6.07) is 9.05. The Morgan fingerprint density at radius 2 is 2.29 bits per heavy atom. The molecular formula is C17H12FN3O3. The molecule has 24 heavy (non-hydrogen) atoms. The van der Waals surface area contributed by atoms with Gasteiger partial charge in [-0.25, -0.2) is 9.18 Å². The number of nitrogens with zero attached hydrogens (tertiary/aromatic N) is 2. The van der Waals surface area contributed by atoms with E-state index in [9.17, 15) is 9.18 Å². The van der Waals surface area contributed by atoms with E-state index in [-0.39, 0.29) is 23.4 Å². The van der Waals surface area contributed by atoms with E-state index in [1.165, 1.54) is 18.4 Å². The summed E-state index contributed by atoms with van der Waals surface area (Å²) < 4.78 is 23.9. The Hall–Kier alpha value is -3.40. The van der Waals surface area contributed by atoms with Crippen LogP contribution in [0.3, 0.4) is 0 Å². The van der Waals surface area contributed by atoms with Gasteiger partial charge in [-0.1, -0.05) is 0 Å². The van der Waals surface area contributed by atoms with Crippen LogP contribution in [-0.4, -0.2) is 22.8 Å². The second-order valence-corrected chi connectivity index (χ2v) is 4.83. The molecule has 0 saturated carbocycles. The highest BCUT2D eigenvalue weighted by atomic mass is 19.1. The first-order valence-electron chi connectivity index (χ1n) is 7.15. The first-order chi connectivity index (χ1) is 11.7. The molecule has 0 atom stereocenters. The number of furan rings is 1. The van der Waals surface area contributed by atoms with Gasteiger partial charge in [-0.15, -0.1) is 0 Å². The summed E-state index contributed by atoms with van der Waals surface area (Å²) in [5, 5.41) is 15.9. The van der Waals surface area contributed by atoms with Crippen LogP contribution in [0.2, 0.25) is 0 Å². The summed E-state index contributed by atoms with van der Waals surface area (Å²) in [6.07, 6.45) is 1.47. The van der Waals surface area contributed by atoms with Crippen molar-refractivity contribution in [3.63, 3.8) is 0 Å². The summed E-state index contributed by atoms with van der Waals surface area (Å²) in [5.41, 5.74) is 1.07. The maximum atomic E-state index is 13.5. The standard InChI is InChI=1S/C17H12FN3O3/c1-2-23-17(22)14-15(10-5-6-12(18)11(8-10)9-19)20-21-16(14)13-4-3-7-24-13/h3-8H,2H2,1H3,(H,20,21). The van der Waals surface area contributed by atoms with Crippen molar-refractivity contribution in [1.29, 1.82) is 5.26 Å². The van der Waals surface area contributed by atoms with E-state index in [1.807, 2.05) is 0 Å². The summed E-state index contributed by atoms with van der Waals surface area (Å²) in [4.78, 5) is 12.4. The number of H-pyrrole nitrogens is 1. The van der Waals surface area contributed by atoms with Gasteiger partial charge in [0.25, 0.3) is 0 Å². The molecule has 0 bridgehead atoms. The van der Waals surface area contributed by atoms with E-state index >= 15 is 0 Å². The van der Waals surface area contributed by atoms with Crippen molar-refractivity contribution in [2.24, 2.45) is 0 Å². The highest BCUT2D eigenvalue weighted by Crippen LogP contribution is 2.31. The Morgan fingerprint density at radius 1 is 1.46 bits per heavy atom. The minimum atomic E-state index is -0.638. The lowest BCUT2D eigenvalue weighted by Crippen LogP contribution is -2.06. The van der Waals surface area contributed by atoms with Crippen LogP contribution < -0.4 is 0 Å². The number of benzene rings is 1. The molecule has 1 aromatic carbocycles. The number of hydrogen-bond donors (Lipinski definition) is 1. The number of rotatable bonds is 4. The third-order valence-corrected chi connectivity index (χ3v) is 3.37. The van der Waals surface area contributed by atoms with Crippen molar-refractivity contribution < 1.29 is 18.3 Å². The number of aromatic amines is 1. The smallest absolute Gasteiger partial charge is 0.342 e. The van der Waals surface area contributed by atoms with Gasteiger partial charge in [-0.2, -0.15) is 10.4 Å². The van der Waals surface area contributed by atoms with Crippen molar-refractivity contribution in [2.45, 2.75) is 6.92 Å². The second kappa shape index (κ2) is 6.38. The summed E-state index contributed by atoms with van der Waals surface area (Å²) in [7, 11) is 0. The Labute approximate surface area is 136 Å². The zero-order valence-corrected chi connectivity index (χ0v) is 12.7. The van der Waals surface area contributed by atoms with E-state index in [1.54, 1.807) is 25.1 Å². The van der Waals surface area contributed by atoms with Gasteiger partial charge in [0.1, 0.15) is 28.8 Å². The average Bonchev–Trinajstić information content (AvgIpc) is 3.24. The van der Waals surface area contributed by atoms with Gasteiger partial charge in [-0.3, -0.25) is 5.10 Å². The van der Waals surface area contributed by atoms with Crippen molar-refractivity contribution in [2.75, 3.05) is 6.61 Å². The maximum absolute atomic E-state index is 13.5. The SMILES string of the molecule is CCOC(=O)c1c(-c2ccc(F)c(C#N)c2)n[nH]c1-c1ccco1. The number of esters is 1. The monoisotopic (exact) mass is 325 g/mol. The summed E-state index contributed by atoms with van der Waals surface area (Å²) in [6.45, 7) is 1.88. The molecule has 3 aromatic rings. The Morgan fingerprint density at radius 3 is 2.96 bits per heavy atom. The first kappa shape index (κ1) is 15.5. The van der Waals surface area contributed by atoms with Crippen LogP contribution in [0.25, 0.3) is 22.7 Å². The van der Waals surface area contributed by atoms with Crippen molar-refractivity contribution in [3.8, 4) is 28.8 Å². The molecule has 0 spiro atoms. The summed E-state index contributed by atoms with van der Waals surface area (Å²) in [5.74, 6) is -0.810. The summed E-state index contributed by atoms with van der Waals surface area (Å²) >= 11 is 0. The van der Waals surface area contributed by atoms with Crippen LogP contribution in [0.1, 0.15) is 22.8 Å². The molecule has 3 rings (SSSR count). The number of nitrogens with one attached hydrogen (secondary N) is 1. The molecule has 0 fully saturated rings. The van der Waals surface area contributed by atoms with Crippen molar-refractivity contribution >= 4 is 5.97 Å². The largest absolute Gasteiger partial charge is 0.463 e.